The zero-order chi connectivity index (χ0) is 13.2. The maximum absolute atomic E-state index is 11.3. The Kier molecular flexibility index (Phi) is 3.42. The second-order valence-electron chi connectivity index (χ2n) is 5.49. The quantitative estimate of drug-likeness (QED) is 0.793. The molecular formula is C15H21N3O. The highest BCUT2D eigenvalue weighted by Crippen LogP contribution is 2.33. The Labute approximate surface area is 112 Å². The summed E-state index contributed by atoms with van der Waals surface area (Å²) in [6.45, 7) is 3.23. The molecule has 1 aliphatic rings. The minimum Gasteiger partial charge on any atom is -0.314 e. The minimum atomic E-state index is -0.122. The van der Waals surface area contributed by atoms with Gasteiger partial charge in [0.1, 0.15) is 0 Å². The second-order valence-corrected chi connectivity index (χ2v) is 5.49. The molecule has 19 heavy (non-hydrogen) atoms. The van der Waals surface area contributed by atoms with Gasteiger partial charge in [-0.1, -0.05) is 13.0 Å². The van der Waals surface area contributed by atoms with Crippen molar-refractivity contribution < 1.29 is 0 Å². The topological polar surface area (TPSA) is 60.7 Å². The molecular weight excluding hydrogens is 238 g/mol. The predicted molar refractivity (Wildman–Crippen MR) is 77.6 cm³/mol. The lowest BCUT2D eigenvalue weighted by Gasteiger charge is -2.29. The van der Waals surface area contributed by atoms with Crippen molar-refractivity contribution >= 4 is 11.0 Å². The largest absolute Gasteiger partial charge is 0.323 e. The van der Waals surface area contributed by atoms with Gasteiger partial charge in [0, 0.05) is 6.04 Å². The average molecular weight is 259 g/mol. The Bertz CT molecular complexity index is 605. The Morgan fingerprint density at radius 3 is 2.63 bits per heavy atom. The summed E-state index contributed by atoms with van der Waals surface area (Å²) in [4.78, 5) is 16.9. The van der Waals surface area contributed by atoms with Crippen LogP contribution in [0.15, 0.2) is 23.0 Å². The van der Waals surface area contributed by atoms with Crippen molar-refractivity contribution in [2.45, 2.75) is 44.6 Å². The van der Waals surface area contributed by atoms with E-state index in [4.69, 9.17) is 0 Å². The van der Waals surface area contributed by atoms with Crippen LogP contribution in [0.2, 0.25) is 0 Å². The highest BCUT2D eigenvalue weighted by Gasteiger charge is 2.21. The summed E-state index contributed by atoms with van der Waals surface area (Å²) in [6.07, 6.45) is 4.97. The molecule has 1 fully saturated rings. The number of hydrogen-bond donors (Lipinski definition) is 3. The van der Waals surface area contributed by atoms with Gasteiger partial charge in [0.25, 0.3) is 0 Å². The molecule has 0 aliphatic heterocycles. The van der Waals surface area contributed by atoms with Crippen molar-refractivity contribution in [3.63, 3.8) is 0 Å². The lowest BCUT2D eigenvalue weighted by atomic mass is 9.81. The molecule has 0 saturated heterocycles. The van der Waals surface area contributed by atoms with E-state index in [1.807, 2.05) is 6.07 Å². The van der Waals surface area contributed by atoms with E-state index in [-0.39, 0.29) is 5.69 Å². The van der Waals surface area contributed by atoms with Crippen molar-refractivity contribution in [1.82, 2.24) is 15.3 Å². The van der Waals surface area contributed by atoms with Crippen molar-refractivity contribution in [3.8, 4) is 0 Å². The van der Waals surface area contributed by atoms with Crippen LogP contribution in [0.1, 0.15) is 44.1 Å². The lowest BCUT2D eigenvalue weighted by Crippen LogP contribution is -2.32. The zero-order valence-corrected chi connectivity index (χ0v) is 11.3. The van der Waals surface area contributed by atoms with Crippen molar-refractivity contribution in [2.75, 3.05) is 6.54 Å². The van der Waals surface area contributed by atoms with Gasteiger partial charge in [-0.2, -0.15) is 0 Å². The number of hydrogen-bond acceptors (Lipinski definition) is 2. The molecule has 4 nitrogen and oxygen atoms in total. The number of rotatable bonds is 3. The third-order valence-corrected chi connectivity index (χ3v) is 4.23. The van der Waals surface area contributed by atoms with Crippen LogP contribution >= 0.6 is 0 Å². The molecule has 102 valence electrons. The summed E-state index contributed by atoms with van der Waals surface area (Å²) in [5.74, 6) is 0.637. The number of H-pyrrole nitrogens is 2. The highest BCUT2D eigenvalue weighted by atomic mass is 16.1. The monoisotopic (exact) mass is 259 g/mol. The molecule has 1 heterocycles. The molecule has 3 N–H and O–H groups in total. The van der Waals surface area contributed by atoms with E-state index in [9.17, 15) is 4.79 Å². The first-order valence-electron chi connectivity index (χ1n) is 7.21. The third-order valence-electron chi connectivity index (χ3n) is 4.23. The maximum atomic E-state index is 11.3. The molecule has 0 amide bonds. The molecule has 4 heteroatoms. The summed E-state index contributed by atoms with van der Waals surface area (Å²) in [6, 6.07) is 6.99. The van der Waals surface area contributed by atoms with E-state index in [2.05, 4.69) is 34.3 Å². The molecule has 1 aliphatic carbocycles. The smallest absolute Gasteiger partial charge is 0.314 e. The third kappa shape index (κ3) is 2.59. The molecule has 1 aromatic carbocycles. The number of nitrogens with one attached hydrogen (secondary N) is 3. The van der Waals surface area contributed by atoms with E-state index in [1.54, 1.807) is 0 Å². The van der Waals surface area contributed by atoms with Gasteiger partial charge >= 0.3 is 5.69 Å². The Hall–Kier alpha value is -1.55. The van der Waals surface area contributed by atoms with Crippen LogP contribution in [0, 0.1) is 0 Å². The summed E-state index contributed by atoms with van der Waals surface area (Å²) < 4.78 is 0. The van der Waals surface area contributed by atoms with Crippen LogP contribution in [-0.4, -0.2) is 22.6 Å². The van der Waals surface area contributed by atoms with E-state index >= 15 is 0 Å². The van der Waals surface area contributed by atoms with Gasteiger partial charge in [-0.15, -0.1) is 0 Å². The first-order chi connectivity index (χ1) is 9.26. The second kappa shape index (κ2) is 5.21. The van der Waals surface area contributed by atoms with Crippen LogP contribution in [0.3, 0.4) is 0 Å². The Morgan fingerprint density at radius 1 is 1.16 bits per heavy atom. The zero-order valence-electron chi connectivity index (χ0n) is 11.3. The molecule has 0 spiro atoms. The Balaban J connectivity index is 1.76. The molecule has 1 saturated carbocycles. The van der Waals surface area contributed by atoms with Gasteiger partial charge in [-0.25, -0.2) is 4.79 Å². The van der Waals surface area contributed by atoms with Crippen molar-refractivity contribution in [3.05, 3.63) is 34.2 Å². The fourth-order valence-electron chi connectivity index (χ4n) is 3.22. The summed E-state index contributed by atoms with van der Waals surface area (Å²) in [7, 11) is 0. The summed E-state index contributed by atoms with van der Waals surface area (Å²) in [5, 5.41) is 3.54. The van der Waals surface area contributed by atoms with Crippen molar-refractivity contribution in [1.29, 1.82) is 0 Å². The first-order valence-corrected chi connectivity index (χ1v) is 7.21. The van der Waals surface area contributed by atoms with Gasteiger partial charge < -0.3 is 15.3 Å². The minimum absolute atomic E-state index is 0.122. The number of fused-ring (bicyclic) bond motifs is 1. The van der Waals surface area contributed by atoms with Crippen LogP contribution in [0.25, 0.3) is 11.0 Å². The first kappa shape index (κ1) is 12.5. The lowest BCUT2D eigenvalue weighted by molar-refractivity contribution is 0.348. The molecule has 0 unspecified atom stereocenters. The number of benzene rings is 1. The fourth-order valence-corrected chi connectivity index (χ4v) is 3.22. The number of aromatic amines is 2. The van der Waals surface area contributed by atoms with Gasteiger partial charge in [0.05, 0.1) is 11.0 Å². The van der Waals surface area contributed by atoms with Crippen LogP contribution in [-0.2, 0) is 0 Å². The SMILES string of the molecule is CCNC1CCC(c2ccc3[nH]c(=O)[nH]c3c2)CC1. The van der Waals surface area contributed by atoms with E-state index in [0.717, 1.165) is 17.6 Å². The molecule has 0 radical (unpaired) electrons. The van der Waals surface area contributed by atoms with Crippen LogP contribution < -0.4 is 11.0 Å². The predicted octanol–water partition coefficient (Wildman–Crippen LogP) is 2.49. The molecule has 2 aromatic rings. The van der Waals surface area contributed by atoms with Crippen molar-refractivity contribution in [2.24, 2.45) is 0 Å². The maximum Gasteiger partial charge on any atom is 0.323 e. The average Bonchev–Trinajstić information content (AvgIpc) is 2.79. The normalized spacial score (nSPS) is 23.8. The van der Waals surface area contributed by atoms with Gasteiger partial charge in [0.2, 0.25) is 0 Å². The van der Waals surface area contributed by atoms with Gasteiger partial charge in [0.15, 0.2) is 0 Å². The fraction of sp³-hybridized carbons (Fsp3) is 0.533. The van der Waals surface area contributed by atoms with Crippen LogP contribution in [0.4, 0.5) is 0 Å². The standard InChI is InChI=1S/C15H21N3O/c1-2-16-12-6-3-10(4-7-12)11-5-8-13-14(9-11)18-15(19)17-13/h5,8-10,12,16H,2-4,6-7H2,1H3,(H2,17,18,19). The summed E-state index contributed by atoms with van der Waals surface area (Å²) in [5.41, 5.74) is 3.06. The Morgan fingerprint density at radius 2 is 1.89 bits per heavy atom. The summed E-state index contributed by atoms with van der Waals surface area (Å²) >= 11 is 0. The highest BCUT2D eigenvalue weighted by molar-refractivity contribution is 5.75. The molecule has 0 atom stereocenters. The van der Waals surface area contributed by atoms with Gasteiger partial charge in [-0.3, -0.25) is 0 Å². The molecule has 3 rings (SSSR count). The number of imidazole rings is 1. The van der Waals surface area contributed by atoms with Gasteiger partial charge in [-0.05, 0) is 55.8 Å². The molecule has 0 bridgehead atoms. The van der Waals surface area contributed by atoms with E-state index < -0.39 is 0 Å². The van der Waals surface area contributed by atoms with E-state index in [0.29, 0.717) is 12.0 Å². The van der Waals surface area contributed by atoms with E-state index in [1.165, 1.54) is 31.2 Å². The van der Waals surface area contributed by atoms with Crippen LogP contribution in [0.5, 0.6) is 0 Å². The molecule has 1 aromatic heterocycles. The number of aromatic nitrogens is 2.